The van der Waals surface area contributed by atoms with Gasteiger partial charge in [-0.1, -0.05) is 41.6 Å². The van der Waals surface area contributed by atoms with Crippen LogP contribution in [-0.2, 0) is 4.79 Å². The molecule has 0 atom stereocenters. The molecule has 0 fully saturated rings. The van der Waals surface area contributed by atoms with Gasteiger partial charge in [0.05, 0.1) is 33.0 Å². The van der Waals surface area contributed by atoms with Crippen LogP contribution in [0.4, 0.5) is 15.8 Å². The van der Waals surface area contributed by atoms with Crippen LogP contribution in [0.1, 0.15) is 11.1 Å². The Morgan fingerprint density at radius 1 is 1.15 bits per heavy atom. The van der Waals surface area contributed by atoms with Gasteiger partial charge in [-0.05, 0) is 43.7 Å². The number of fused-ring (bicyclic) bond motifs is 1. The lowest BCUT2D eigenvalue weighted by Crippen LogP contribution is -2.23. The number of amides is 1. The third kappa shape index (κ3) is 4.67. The zero-order chi connectivity index (χ0) is 24.4. The summed E-state index contributed by atoms with van der Waals surface area (Å²) >= 11 is 1.01. The average Bonchev–Trinajstić information content (AvgIpc) is 2.80. The zero-order valence-corrected chi connectivity index (χ0v) is 19.1. The van der Waals surface area contributed by atoms with Gasteiger partial charge < -0.3 is 5.32 Å². The zero-order valence-electron chi connectivity index (χ0n) is 18.2. The van der Waals surface area contributed by atoms with Crippen molar-refractivity contribution in [1.82, 2.24) is 9.55 Å². The molecule has 4 aromatic rings. The predicted octanol–water partition coefficient (Wildman–Crippen LogP) is 4.78. The lowest BCUT2D eigenvalue weighted by molar-refractivity contribution is -0.384. The van der Waals surface area contributed by atoms with Gasteiger partial charge in [0.25, 0.3) is 11.2 Å². The number of carbonyl (C=O) groups is 1. The van der Waals surface area contributed by atoms with E-state index < -0.39 is 16.6 Å². The molecule has 1 amide bonds. The number of carbonyl (C=O) groups excluding carboxylic acids is 1. The first-order chi connectivity index (χ1) is 16.2. The monoisotopic (exact) mass is 478 g/mol. The van der Waals surface area contributed by atoms with Gasteiger partial charge in [0.2, 0.25) is 5.91 Å². The number of anilines is 1. The molecule has 0 saturated carbocycles. The number of nitro groups is 1. The molecule has 0 aliphatic carbocycles. The molecule has 34 heavy (non-hydrogen) atoms. The van der Waals surface area contributed by atoms with E-state index in [2.05, 4.69) is 10.3 Å². The Kier molecular flexibility index (Phi) is 6.42. The molecular formula is C24H19FN4O4S. The molecule has 0 radical (unpaired) electrons. The highest BCUT2D eigenvalue weighted by molar-refractivity contribution is 7.99. The average molecular weight is 479 g/mol. The van der Waals surface area contributed by atoms with Gasteiger partial charge in [0.1, 0.15) is 5.82 Å². The third-order valence-corrected chi connectivity index (χ3v) is 6.04. The molecule has 8 nitrogen and oxygen atoms in total. The van der Waals surface area contributed by atoms with Crippen molar-refractivity contribution < 1.29 is 14.1 Å². The molecule has 0 unspecified atom stereocenters. The molecular weight excluding hydrogens is 459 g/mol. The van der Waals surface area contributed by atoms with Gasteiger partial charge in [-0.25, -0.2) is 9.37 Å². The molecule has 1 N–H and O–H groups in total. The van der Waals surface area contributed by atoms with Crippen molar-refractivity contribution in [2.24, 2.45) is 0 Å². The molecule has 0 aliphatic heterocycles. The molecule has 1 aromatic heterocycles. The largest absolute Gasteiger partial charge is 0.323 e. The van der Waals surface area contributed by atoms with Crippen LogP contribution in [0.15, 0.2) is 70.6 Å². The van der Waals surface area contributed by atoms with Gasteiger partial charge in [-0.15, -0.1) is 0 Å². The summed E-state index contributed by atoms with van der Waals surface area (Å²) in [6.07, 6.45) is 0. The number of non-ortho nitro benzene ring substituents is 1. The standard InChI is InChI=1S/C24H19FN4O4S/c1-14-7-10-21(15(2)11-14)28-23(31)17-5-3-4-6-19(17)27-24(28)34-13-22(30)26-20-12-16(29(32)33)8-9-18(20)25/h3-12H,13H2,1-2H3,(H,26,30). The smallest absolute Gasteiger partial charge is 0.271 e. The maximum Gasteiger partial charge on any atom is 0.271 e. The third-order valence-electron chi connectivity index (χ3n) is 5.11. The number of nitrogens with one attached hydrogen (secondary N) is 1. The van der Waals surface area contributed by atoms with Crippen LogP contribution < -0.4 is 10.9 Å². The molecule has 1 heterocycles. The summed E-state index contributed by atoms with van der Waals surface area (Å²) in [7, 11) is 0. The van der Waals surface area contributed by atoms with Crippen LogP contribution >= 0.6 is 11.8 Å². The van der Waals surface area contributed by atoms with Crippen molar-refractivity contribution in [1.29, 1.82) is 0 Å². The van der Waals surface area contributed by atoms with Crippen molar-refractivity contribution in [3.05, 3.63) is 98.1 Å². The molecule has 3 aromatic carbocycles. The fourth-order valence-electron chi connectivity index (χ4n) is 3.52. The van der Waals surface area contributed by atoms with Crippen molar-refractivity contribution in [3.63, 3.8) is 0 Å². The Morgan fingerprint density at radius 2 is 1.91 bits per heavy atom. The number of thioether (sulfide) groups is 1. The second-order valence-electron chi connectivity index (χ2n) is 7.60. The molecule has 4 rings (SSSR count). The lowest BCUT2D eigenvalue weighted by Gasteiger charge is -2.15. The van der Waals surface area contributed by atoms with E-state index in [4.69, 9.17) is 0 Å². The number of rotatable bonds is 6. The predicted molar refractivity (Wildman–Crippen MR) is 129 cm³/mol. The summed E-state index contributed by atoms with van der Waals surface area (Å²) < 4.78 is 15.5. The topological polar surface area (TPSA) is 107 Å². The Hall–Kier alpha value is -4.05. The van der Waals surface area contributed by atoms with Gasteiger partial charge in [-0.2, -0.15) is 0 Å². The van der Waals surface area contributed by atoms with Crippen LogP contribution in [-0.4, -0.2) is 26.1 Å². The fraction of sp³-hybridized carbons (Fsp3) is 0.125. The maximum atomic E-state index is 14.0. The highest BCUT2D eigenvalue weighted by Gasteiger charge is 2.18. The minimum absolute atomic E-state index is 0.197. The summed E-state index contributed by atoms with van der Waals surface area (Å²) in [6, 6.07) is 15.5. The number of aromatic nitrogens is 2. The molecule has 0 spiro atoms. The van der Waals surface area contributed by atoms with E-state index >= 15 is 0 Å². The second-order valence-corrected chi connectivity index (χ2v) is 8.54. The summed E-state index contributed by atoms with van der Waals surface area (Å²) in [6.45, 7) is 3.83. The number of hydrogen-bond acceptors (Lipinski definition) is 6. The SMILES string of the molecule is Cc1ccc(-n2c(SCC(=O)Nc3cc([N+](=O)[O-])ccc3F)nc3ccccc3c2=O)c(C)c1. The van der Waals surface area contributed by atoms with E-state index in [0.29, 0.717) is 21.7 Å². The first-order valence-corrected chi connectivity index (χ1v) is 11.2. The number of hydrogen-bond donors (Lipinski definition) is 1. The minimum Gasteiger partial charge on any atom is -0.323 e. The van der Waals surface area contributed by atoms with E-state index in [1.165, 1.54) is 4.57 Å². The highest BCUT2D eigenvalue weighted by atomic mass is 32.2. The number of para-hydroxylation sites is 1. The Bertz CT molecular complexity index is 1500. The number of benzene rings is 3. The normalized spacial score (nSPS) is 10.9. The van der Waals surface area contributed by atoms with Gasteiger partial charge >= 0.3 is 0 Å². The molecule has 10 heteroatoms. The fourth-order valence-corrected chi connectivity index (χ4v) is 4.32. The maximum absolute atomic E-state index is 14.0. The van der Waals surface area contributed by atoms with Crippen LogP contribution in [0.5, 0.6) is 0 Å². The van der Waals surface area contributed by atoms with E-state index in [9.17, 15) is 24.1 Å². The van der Waals surface area contributed by atoms with Crippen molar-refractivity contribution in [2.75, 3.05) is 11.1 Å². The van der Waals surface area contributed by atoms with E-state index in [-0.39, 0.29) is 22.7 Å². The van der Waals surface area contributed by atoms with Crippen molar-refractivity contribution in [3.8, 4) is 5.69 Å². The van der Waals surface area contributed by atoms with Gasteiger partial charge in [0.15, 0.2) is 5.16 Å². The Labute approximate surface area is 197 Å². The minimum atomic E-state index is -0.792. The number of halogens is 1. The van der Waals surface area contributed by atoms with E-state index in [1.807, 2.05) is 32.0 Å². The summed E-state index contributed by atoms with van der Waals surface area (Å²) in [4.78, 5) is 40.8. The number of aryl methyl sites for hydroxylation is 2. The molecule has 0 bridgehead atoms. The van der Waals surface area contributed by atoms with E-state index in [0.717, 1.165) is 41.1 Å². The van der Waals surface area contributed by atoms with Crippen molar-refractivity contribution >= 4 is 39.9 Å². The molecule has 0 aliphatic rings. The summed E-state index contributed by atoms with van der Waals surface area (Å²) in [5.74, 6) is -1.59. The number of nitro benzene ring substituents is 1. The quantitative estimate of drug-likeness (QED) is 0.185. The summed E-state index contributed by atoms with van der Waals surface area (Å²) in [5, 5.41) is 14.0. The molecule has 172 valence electrons. The Morgan fingerprint density at radius 3 is 2.65 bits per heavy atom. The van der Waals surface area contributed by atoms with Gasteiger partial charge in [-0.3, -0.25) is 24.3 Å². The first kappa shape index (κ1) is 23.1. The summed E-state index contributed by atoms with van der Waals surface area (Å²) in [5.41, 5.74) is 2.12. The first-order valence-electron chi connectivity index (χ1n) is 10.2. The van der Waals surface area contributed by atoms with Gasteiger partial charge in [0, 0.05) is 12.1 Å². The van der Waals surface area contributed by atoms with Crippen LogP contribution in [0.3, 0.4) is 0 Å². The molecule has 0 saturated heterocycles. The highest BCUT2D eigenvalue weighted by Crippen LogP contribution is 2.25. The van der Waals surface area contributed by atoms with Crippen LogP contribution in [0, 0.1) is 29.8 Å². The van der Waals surface area contributed by atoms with Crippen molar-refractivity contribution in [2.45, 2.75) is 19.0 Å². The van der Waals surface area contributed by atoms with Crippen LogP contribution in [0.2, 0.25) is 0 Å². The number of nitrogens with zero attached hydrogens (tertiary/aromatic N) is 3. The van der Waals surface area contributed by atoms with E-state index in [1.54, 1.807) is 24.3 Å². The lowest BCUT2D eigenvalue weighted by atomic mass is 10.1. The Balaban J connectivity index is 1.68. The second kappa shape index (κ2) is 9.44. The van der Waals surface area contributed by atoms with Crippen LogP contribution in [0.25, 0.3) is 16.6 Å².